The number of nitrogens with zero attached hydrogens (tertiary/aromatic N) is 1. The minimum atomic E-state index is -5.45. The number of anilines is 1. The van der Waals surface area contributed by atoms with Crippen molar-refractivity contribution in [3.63, 3.8) is 0 Å². The van der Waals surface area contributed by atoms with Gasteiger partial charge in [0.25, 0.3) is 0 Å². The molecular formula is C8H9F3N2O2S2. The maximum atomic E-state index is 12.1. The fourth-order valence-electron chi connectivity index (χ4n) is 0.897. The summed E-state index contributed by atoms with van der Waals surface area (Å²) in [5.41, 5.74) is 0.473. The summed E-state index contributed by atoms with van der Waals surface area (Å²) in [4.78, 5) is 0.368. The largest absolute Gasteiger partial charge is 0.519 e. The van der Waals surface area contributed by atoms with Gasteiger partial charge in [-0.25, -0.2) is 0 Å². The number of sulfonamides is 1. The van der Waals surface area contributed by atoms with Crippen molar-refractivity contribution in [2.24, 2.45) is 3.77 Å². The highest BCUT2D eigenvalue weighted by Gasteiger charge is 2.46. The van der Waals surface area contributed by atoms with Gasteiger partial charge in [-0.3, -0.25) is 0 Å². The van der Waals surface area contributed by atoms with E-state index in [4.69, 9.17) is 5.73 Å². The molecule has 0 aromatic heterocycles. The van der Waals surface area contributed by atoms with Crippen molar-refractivity contribution < 1.29 is 21.6 Å². The third kappa shape index (κ3) is 3.43. The monoisotopic (exact) mass is 286 g/mol. The van der Waals surface area contributed by atoms with Gasteiger partial charge >= 0.3 is 15.5 Å². The molecule has 0 saturated carbocycles. The second-order valence-corrected chi connectivity index (χ2v) is 6.48. The highest BCUT2D eigenvalue weighted by atomic mass is 32.3. The molecule has 0 bridgehead atoms. The van der Waals surface area contributed by atoms with E-state index in [1.54, 1.807) is 0 Å². The van der Waals surface area contributed by atoms with Gasteiger partial charge in [-0.15, -0.1) is 3.77 Å². The first-order valence-electron chi connectivity index (χ1n) is 4.19. The molecule has 96 valence electrons. The maximum Gasteiger partial charge on any atom is 0.519 e. The minimum Gasteiger partial charge on any atom is -0.399 e. The van der Waals surface area contributed by atoms with Crippen LogP contribution in [-0.4, -0.2) is 20.2 Å². The first-order valence-corrected chi connectivity index (χ1v) is 7.22. The Bertz CT molecular complexity index is 535. The van der Waals surface area contributed by atoms with Gasteiger partial charge in [0.05, 0.1) is 0 Å². The first-order chi connectivity index (χ1) is 7.63. The molecule has 0 amide bonds. The van der Waals surface area contributed by atoms with Crippen molar-refractivity contribution >= 4 is 26.4 Å². The normalized spacial score (nSPS) is 14.8. The average molecular weight is 286 g/mol. The predicted molar refractivity (Wildman–Crippen MR) is 59.8 cm³/mol. The van der Waals surface area contributed by atoms with Gasteiger partial charge in [-0.1, -0.05) is 10.7 Å². The zero-order valence-corrected chi connectivity index (χ0v) is 10.2. The van der Waals surface area contributed by atoms with Crippen LogP contribution in [0.5, 0.6) is 0 Å². The minimum absolute atomic E-state index is 0.368. The van der Waals surface area contributed by atoms with Crippen molar-refractivity contribution in [2.75, 3.05) is 12.0 Å². The van der Waals surface area contributed by atoms with Crippen LogP contribution in [0, 0.1) is 0 Å². The quantitative estimate of drug-likeness (QED) is 0.844. The van der Waals surface area contributed by atoms with E-state index in [0.29, 0.717) is 10.6 Å². The van der Waals surface area contributed by atoms with E-state index in [-0.39, 0.29) is 0 Å². The Morgan fingerprint density at radius 2 is 1.71 bits per heavy atom. The van der Waals surface area contributed by atoms with E-state index in [0.717, 1.165) is 0 Å². The molecule has 17 heavy (non-hydrogen) atoms. The summed E-state index contributed by atoms with van der Waals surface area (Å²) >= 11 is 0. The molecule has 1 atom stereocenters. The average Bonchev–Trinajstić information content (AvgIpc) is 2.16. The van der Waals surface area contributed by atoms with Crippen LogP contribution in [0.2, 0.25) is 0 Å². The molecule has 0 spiro atoms. The zero-order valence-electron chi connectivity index (χ0n) is 8.60. The number of hydrogen-bond donors (Lipinski definition) is 1. The second-order valence-electron chi connectivity index (χ2n) is 3.04. The summed E-state index contributed by atoms with van der Waals surface area (Å²) in [5, 5.41) is 0. The van der Waals surface area contributed by atoms with Gasteiger partial charge in [0.2, 0.25) is 0 Å². The van der Waals surface area contributed by atoms with Gasteiger partial charge in [-0.2, -0.15) is 21.6 Å². The maximum absolute atomic E-state index is 12.1. The lowest BCUT2D eigenvalue weighted by molar-refractivity contribution is -0.0434. The fourth-order valence-corrected chi connectivity index (χ4v) is 3.29. The Morgan fingerprint density at radius 3 is 2.12 bits per heavy atom. The van der Waals surface area contributed by atoms with Crippen molar-refractivity contribution in [3.8, 4) is 0 Å². The van der Waals surface area contributed by atoms with Crippen LogP contribution < -0.4 is 5.73 Å². The summed E-state index contributed by atoms with van der Waals surface area (Å²) < 4.78 is 60.6. The summed E-state index contributed by atoms with van der Waals surface area (Å²) in [5.74, 6) is 0. The van der Waals surface area contributed by atoms with Crippen LogP contribution in [-0.2, 0) is 20.7 Å². The van der Waals surface area contributed by atoms with Crippen LogP contribution in [0.1, 0.15) is 0 Å². The number of benzene rings is 1. The van der Waals surface area contributed by atoms with Crippen LogP contribution in [0.25, 0.3) is 0 Å². The molecule has 0 saturated heterocycles. The van der Waals surface area contributed by atoms with E-state index >= 15 is 0 Å². The van der Waals surface area contributed by atoms with Crippen LogP contribution in [0.3, 0.4) is 0 Å². The lowest BCUT2D eigenvalue weighted by Crippen LogP contribution is -2.21. The van der Waals surface area contributed by atoms with Gasteiger partial charge in [0.1, 0.15) is 0 Å². The summed E-state index contributed by atoms with van der Waals surface area (Å²) in [6.07, 6.45) is 1.29. The van der Waals surface area contributed by atoms with E-state index in [9.17, 15) is 21.6 Å². The number of rotatable bonds is 2. The van der Waals surface area contributed by atoms with Crippen LogP contribution >= 0.6 is 0 Å². The molecule has 0 fully saturated rings. The lowest BCUT2D eigenvalue weighted by atomic mass is 10.3. The number of alkyl halides is 3. The SMILES string of the molecule is CS(=NS(=O)(=O)C(F)(F)F)c1ccc(N)cc1. The molecule has 4 nitrogen and oxygen atoms in total. The highest BCUT2D eigenvalue weighted by Crippen LogP contribution is 2.26. The lowest BCUT2D eigenvalue weighted by Gasteiger charge is -2.06. The second kappa shape index (κ2) is 4.65. The van der Waals surface area contributed by atoms with E-state index in [1.807, 2.05) is 0 Å². The van der Waals surface area contributed by atoms with Crippen molar-refractivity contribution in [3.05, 3.63) is 24.3 Å². The Hall–Kier alpha value is -1.09. The standard InChI is InChI=1S/C8H9F3N2O2S2/c1-16(7-4-2-6(12)3-5-7)13-17(14,15)8(9,10)11/h2-5H,12H2,1H3. The third-order valence-electron chi connectivity index (χ3n) is 1.72. The van der Waals surface area contributed by atoms with E-state index in [2.05, 4.69) is 3.77 Å². The van der Waals surface area contributed by atoms with E-state index in [1.165, 1.54) is 30.5 Å². The van der Waals surface area contributed by atoms with Gasteiger partial charge in [0, 0.05) is 10.6 Å². The Labute approximate surface area is 98.8 Å². The predicted octanol–water partition coefficient (Wildman–Crippen LogP) is 1.91. The van der Waals surface area contributed by atoms with Crippen LogP contribution in [0.15, 0.2) is 32.9 Å². The highest BCUT2D eigenvalue weighted by molar-refractivity contribution is 8.00. The number of nitrogens with two attached hydrogens (primary N) is 1. The molecular weight excluding hydrogens is 277 g/mol. The third-order valence-corrected chi connectivity index (χ3v) is 4.94. The van der Waals surface area contributed by atoms with Gasteiger partial charge < -0.3 is 5.73 Å². The number of halogens is 3. The molecule has 0 heterocycles. The summed E-state index contributed by atoms with van der Waals surface area (Å²) in [6, 6.07) is 5.81. The molecule has 0 aliphatic carbocycles. The molecule has 1 rings (SSSR count). The van der Waals surface area contributed by atoms with Crippen LogP contribution in [0.4, 0.5) is 18.9 Å². The Balaban J connectivity index is 3.14. The van der Waals surface area contributed by atoms with Crippen molar-refractivity contribution in [1.82, 2.24) is 0 Å². The topological polar surface area (TPSA) is 72.5 Å². The zero-order chi connectivity index (χ0) is 13.3. The Morgan fingerprint density at radius 1 is 1.24 bits per heavy atom. The van der Waals surface area contributed by atoms with Crippen molar-refractivity contribution in [1.29, 1.82) is 0 Å². The molecule has 1 aromatic rings. The molecule has 0 radical (unpaired) electrons. The number of nitrogen functional groups attached to an aromatic ring is 1. The Kier molecular flexibility index (Phi) is 3.82. The molecule has 2 N–H and O–H groups in total. The molecule has 9 heteroatoms. The fraction of sp³-hybridized carbons (Fsp3) is 0.250. The van der Waals surface area contributed by atoms with E-state index < -0.39 is 26.2 Å². The molecule has 1 aromatic carbocycles. The first kappa shape index (κ1) is 14.0. The summed E-state index contributed by atoms with van der Waals surface area (Å²) in [6.45, 7) is 0. The number of hydrogen-bond acceptors (Lipinski definition) is 3. The summed E-state index contributed by atoms with van der Waals surface area (Å²) in [7, 11) is -6.85. The molecule has 0 aliphatic heterocycles. The van der Waals surface area contributed by atoms with Gasteiger partial charge in [0.15, 0.2) is 0 Å². The molecule has 0 aliphatic rings. The smallest absolute Gasteiger partial charge is 0.399 e. The van der Waals surface area contributed by atoms with Gasteiger partial charge in [-0.05, 0) is 30.5 Å². The van der Waals surface area contributed by atoms with Crippen molar-refractivity contribution in [2.45, 2.75) is 10.4 Å². The molecule has 1 unspecified atom stereocenters.